The molecular weight excluding hydrogens is 304 g/mol. The molecule has 1 heterocycles. The SMILES string of the molecule is CC(C)C(CCCl)NC(=O)c1cncc(Br)c1. The van der Waals surface area contributed by atoms with E-state index in [0.29, 0.717) is 17.4 Å². The van der Waals surface area contributed by atoms with Gasteiger partial charge in [-0.15, -0.1) is 11.6 Å². The molecule has 0 bridgehead atoms. The van der Waals surface area contributed by atoms with Crippen LogP contribution in [0.15, 0.2) is 22.9 Å². The highest BCUT2D eigenvalue weighted by molar-refractivity contribution is 9.10. The van der Waals surface area contributed by atoms with E-state index in [1.165, 1.54) is 0 Å². The Kier molecular flexibility index (Phi) is 5.92. The molecule has 1 aromatic rings. The van der Waals surface area contributed by atoms with Crippen LogP contribution in [0.3, 0.4) is 0 Å². The summed E-state index contributed by atoms with van der Waals surface area (Å²) < 4.78 is 0.795. The number of carbonyl (C=O) groups excluding carboxylic acids is 1. The van der Waals surface area contributed by atoms with E-state index in [1.807, 2.05) is 0 Å². The van der Waals surface area contributed by atoms with Gasteiger partial charge in [0, 0.05) is 28.8 Å². The fourth-order valence-corrected chi connectivity index (χ4v) is 2.08. The number of amides is 1. The Hall–Kier alpha value is -0.610. The van der Waals surface area contributed by atoms with Crippen LogP contribution in [0.5, 0.6) is 0 Å². The minimum absolute atomic E-state index is 0.0963. The van der Waals surface area contributed by atoms with E-state index in [1.54, 1.807) is 18.5 Å². The lowest BCUT2D eigenvalue weighted by atomic mass is 10.0. The zero-order valence-corrected chi connectivity index (χ0v) is 12.3. The number of rotatable bonds is 5. The Morgan fingerprint density at radius 3 is 2.76 bits per heavy atom. The molecule has 0 saturated heterocycles. The van der Waals surface area contributed by atoms with Crippen molar-refractivity contribution in [1.82, 2.24) is 10.3 Å². The summed E-state index contributed by atoms with van der Waals surface area (Å²) in [6.45, 7) is 4.13. The van der Waals surface area contributed by atoms with Crippen molar-refractivity contribution in [3.8, 4) is 0 Å². The van der Waals surface area contributed by atoms with Crippen LogP contribution in [0.25, 0.3) is 0 Å². The first-order valence-electron chi connectivity index (χ1n) is 5.52. The molecule has 0 radical (unpaired) electrons. The molecular formula is C12H16BrClN2O. The lowest BCUT2D eigenvalue weighted by molar-refractivity contribution is 0.0924. The van der Waals surface area contributed by atoms with Crippen LogP contribution in [-0.4, -0.2) is 22.8 Å². The number of halogens is 2. The fourth-order valence-electron chi connectivity index (χ4n) is 1.48. The number of hydrogen-bond donors (Lipinski definition) is 1. The predicted molar refractivity (Wildman–Crippen MR) is 73.4 cm³/mol. The van der Waals surface area contributed by atoms with Gasteiger partial charge in [-0.3, -0.25) is 9.78 Å². The van der Waals surface area contributed by atoms with Crippen molar-refractivity contribution in [3.63, 3.8) is 0 Å². The molecule has 0 spiro atoms. The summed E-state index contributed by atoms with van der Waals surface area (Å²) in [5.41, 5.74) is 0.555. The maximum absolute atomic E-state index is 12.0. The third-order valence-electron chi connectivity index (χ3n) is 2.51. The molecule has 0 fully saturated rings. The van der Waals surface area contributed by atoms with Crippen molar-refractivity contribution in [2.45, 2.75) is 26.3 Å². The van der Waals surface area contributed by atoms with E-state index in [0.717, 1.165) is 10.9 Å². The number of hydrogen-bond acceptors (Lipinski definition) is 2. The van der Waals surface area contributed by atoms with Gasteiger partial charge in [-0.25, -0.2) is 0 Å². The van der Waals surface area contributed by atoms with Crippen molar-refractivity contribution in [1.29, 1.82) is 0 Å². The minimum Gasteiger partial charge on any atom is -0.349 e. The molecule has 0 aliphatic carbocycles. The molecule has 1 amide bonds. The summed E-state index contributed by atoms with van der Waals surface area (Å²) in [6, 6.07) is 1.85. The van der Waals surface area contributed by atoms with Crippen molar-refractivity contribution < 1.29 is 4.79 Å². The van der Waals surface area contributed by atoms with Crippen LogP contribution < -0.4 is 5.32 Å². The summed E-state index contributed by atoms with van der Waals surface area (Å²) in [5, 5.41) is 2.98. The molecule has 1 unspecified atom stereocenters. The van der Waals surface area contributed by atoms with Gasteiger partial charge in [0.1, 0.15) is 0 Å². The van der Waals surface area contributed by atoms with Gasteiger partial charge in [-0.1, -0.05) is 13.8 Å². The number of carbonyl (C=O) groups is 1. The number of alkyl halides is 1. The van der Waals surface area contributed by atoms with E-state index in [2.05, 4.69) is 40.1 Å². The second kappa shape index (κ2) is 6.97. The van der Waals surface area contributed by atoms with Gasteiger partial charge >= 0.3 is 0 Å². The molecule has 3 nitrogen and oxygen atoms in total. The Labute approximate surface area is 115 Å². The quantitative estimate of drug-likeness (QED) is 0.847. The van der Waals surface area contributed by atoms with Gasteiger partial charge in [0.05, 0.1) is 5.56 Å². The monoisotopic (exact) mass is 318 g/mol. The zero-order chi connectivity index (χ0) is 12.8. The van der Waals surface area contributed by atoms with Gasteiger partial charge in [-0.05, 0) is 34.3 Å². The smallest absolute Gasteiger partial charge is 0.253 e. The molecule has 1 atom stereocenters. The standard InChI is InChI=1S/C12H16BrClN2O/c1-8(2)11(3-4-14)16-12(17)9-5-10(13)7-15-6-9/h5-8,11H,3-4H2,1-2H3,(H,16,17). The molecule has 0 aliphatic heterocycles. The van der Waals surface area contributed by atoms with Crippen molar-refractivity contribution >= 4 is 33.4 Å². The fraction of sp³-hybridized carbons (Fsp3) is 0.500. The van der Waals surface area contributed by atoms with Crippen LogP contribution in [0.1, 0.15) is 30.6 Å². The van der Waals surface area contributed by atoms with Crippen molar-refractivity contribution in [2.24, 2.45) is 5.92 Å². The van der Waals surface area contributed by atoms with Crippen LogP contribution >= 0.6 is 27.5 Å². The van der Waals surface area contributed by atoms with Crippen LogP contribution in [0.2, 0.25) is 0 Å². The maximum atomic E-state index is 12.0. The predicted octanol–water partition coefficient (Wildman–Crippen LogP) is 3.23. The molecule has 94 valence electrons. The molecule has 17 heavy (non-hydrogen) atoms. The highest BCUT2D eigenvalue weighted by Crippen LogP contribution is 2.12. The molecule has 0 saturated carbocycles. The van der Waals surface area contributed by atoms with Crippen LogP contribution in [0, 0.1) is 5.92 Å². The second-order valence-corrected chi connectivity index (χ2v) is 5.49. The van der Waals surface area contributed by atoms with E-state index >= 15 is 0 Å². The lowest BCUT2D eigenvalue weighted by Crippen LogP contribution is -2.38. The Morgan fingerprint density at radius 1 is 1.53 bits per heavy atom. The van der Waals surface area contributed by atoms with Gasteiger partial charge in [0.2, 0.25) is 0 Å². The van der Waals surface area contributed by atoms with Crippen molar-refractivity contribution in [2.75, 3.05) is 5.88 Å². The van der Waals surface area contributed by atoms with E-state index in [-0.39, 0.29) is 11.9 Å². The average molecular weight is 320 g/mol. The first-order chi connectivity index (χ1) is 8.04. The zero-order valence-electron chi connectivity index (χ0n) is 9.91. The summed E-state index contributed by atoms with van der Waals surface area (Å²) in [4.78, 5) is 15.9. The third-order valence-corrected chi connectivity index (χ3v) is 3.16. The first-order valence-corrected chi connectivity index (χ1v) is 6.84. The lowest BCUT2D eigenvalue weighted by Gasteiger charge is -2.21. The third kappa shape index (κ3) is 4.64. The van der Waals surface area contributed by atoms with E-state index in [9.17, 15) is 4.79 Å². The average Bonchev–Trinajstić information content (AvgIpc) is 2.28. The molecule has 0 aliphatic rings. The molecule has 1 aromatic heterocycles. The van der Waals surface area contributed by atoms with Gasteiger partial charge in [0.15, 0.2) is 0 Å². The normalized spacial score (nSPS) is 12.5. The van der Waals surface area contributed by atoms with E-state index in [4.69, 9.17) is 11.6 Å². The maximum Gasteiger partial charge on any atom is 0.253 e. The second-order valence-electron chi connectivity index (χ2n) is 4.19. The van der Waals surface area contributed by atoms with Crippen LogP contribution in [-0.2, 0) is 0 Å². The topological polar surface area (TPSA) is 42.0 Å². The highest BCUT2D eigenvalue weighted by atomic mass is 79.9. The first kappa shape index (κ1) is 14.5. The summed E-state index contributed by atoms with van der Waals surface area (Å²) in [7, 11) is 0. The van der Waals surface area contributed by atoms with Gasteiger partial charge < -0.3 is 5.32 Å². The van der Waals surface area contributed by atoms with E-state index < -0.39 is 0 Å². The Bertz CT molecular complexity index is 385. The summed E-state index contributed by atoms with van der Waals surface area (Å²) >= 11 is 9.02. The van der Waals surface area contributed by atoms with Crippen molar-refractivity contribution in [3.05, 3.63) is 28.5 Å². The van der Waals surface area contributed by atoms with Crippen LogP contribution in [0.4, 0.5) is 0 Å². The molecule has 0 aromatic carbocycles. The van der Waals surface area contributed by atoms with Gasteiger partial charge in [0.25, 0.3) is 5.91 Å². The number of nitrogens with one attached hydrogen (secondary N) is 1. The summed E-state index contributed by atoms with van der Waals surface area (Å²) in [6.07, 6.45) is 3.97. The minimum atomic E-state index is -0.109. The summed E-state index contributed by atoms with van der Waals surface area (Å²) in [5.74, 6) is 0.792. The number of pyridine rings is 1. The van der Waals surface area contributed by atoms with Gasteiger partial charge in [-0.2, -0.15) is 0 Å². The number of aromatic nitrogens is 1. The Balaban J connectivity index is 2.70. The number of nitrogens with zero attached hydrogens (tertiary/aromatic N) is 1. The Morgan fingerprint density at radius 2 is 2.24 bits per heavy atom. The highest BCUT2D eigenvalue weighted by Gasteiger charge is 2.16. The molecule has 1 rings (SSSR count). The molecule has 1 N–H and O–H groups in total. The molecule has 5 heteroatoms. The largest absolute Gasteiger partial charge is 0.349 e.